The molecular weight excluding hydrogens is 285 g/mol. The smallest absolute Gasteiger partial charge is 0.166 e. The molecule has 1 spiro atoms. The summed E-state index contributed by atoms with van der Waals surface area (Å²) >= 11 is 3.29. The molecule has 2 heterocycles. The standard InChI is InChI=1S/C13H13BrFNO/c14-10-7-9-1-2-13(3-5-16-6-4-13)17-12(9)11(15)8-10/h1-2,7-8,16H,3-6H2. The zero-order chi connectivity index (χ0) is 11.9. The number of benzene rings is 1. The minimum absolute atomic E-state index is 0.295. The first kappa shape index (κ1) is 11.2. The van der Waals surface area contributed by atoms with Crippen molar-refractivity contribution in [2.45, 2.75) is 18.4 Å². The third-order valence-corrected chi connectivity index (χ3v) is 3.82. The first-order valence-electron chi connectivity index (χ1n) is 5.77. The van der Waals surface area contributed by atoms with Crippen LogP contribution in [0.5, 0.6) is 5.75 Å². The van der Waals surface area contributed by atoms with Crippen LogP contribution < -0.4 is 10.1 Å². The van der Waals surface area contributed by atoms with Crippen molar-refractivity contribution in [2.24, 2.45) is 0 Å². The number of ether oxygens (including phenoxy) is 1. The van der Waals surface area contributed by atoms with E-state index >= 15 is 0 Å². The maximum Gasteiger partial charge on any atom is 0.166 e. The summed E-state index contributed by atoms with van der Waals surface area (Å²) in [6, 6.07) is 3.33. The van der Waals surface area contributed by atoms with Gasteiger partial charge in [-0.2, -0.15) is 0 Å². The van der Waals surface area contributed by atoms with Crippen molar-refractivity contribution >= 4 is 22.0 Å². The van der Waals surface area contributed by atoms with Gasteiger partial charge in [-0.25, -0.2) is 4.39 Å². The molecule has 1 fully saturated rings. The van der Waals surface area contributed by atoms with Crippen LogP contribution >= 0.6 is 15.9 Å². The zero-order valence-corrected chi connectivity index (χ0v) is 10.9. The van der Waals surface area contributed by atoms with Gasteiger partial charge in [0, 0.05) is 22.9 Å². The van der Waals surface area contributed by atoms with Gasteiger partial charge in [-0.15, -0.1) is 0 Å². The topological polar surface area (TPSA) is 21.3 Å². The van der Waals surface area contributed by atoms with Crippen LogP contribution in [-0.2, 0) is 0 Å². The van der Waals surface area contributed by atoms with Crippen molar-refractivity contribution in [1.82, 2.24) is 5.32 Å². The molecule has 0 bridgehead atoms. The fourth-order valence-electron chi connectivity index (χ4n) is 2.41. The lowest BCUT2D eigenvalue weighted by atomic mass is 9.89. The van der Waals surface area contributed by atoms with Gasteiger partial charge < -0.3 is 10.1 Å². The van der Waals surface area contributed by atoms with Crippen LogP contribution in [-0.4, -0.2) is 18.7 Å². The van der Waals surface area contributed by atoms with Crippen molar-refractivity contribution in [3.05, 3.63) is 34.1 Å². The number of nitrogens with one attached hydrogen (secondary N) is 1. The molecule has 0 aliphatic carbocycles. The summed E-state index contributed by atoms with van der Waals surface area (Å²) in [6.07, 6.45) is 5.82. The Balaban J connectivity index is 2.00. The quantitative estimate of drug-likeness (QED) is 0.794. The minimum atomic E-state index is -0.313. The molecule has 0 atom stereocenters. The highest BCUT2D eigenvalue weighted by atomic mass is 79.9. The Morgan fingerprint density at radius 3 is 2.82 bits per heavy atom. The second kappa shape index (κ2) is 4.10. The molecule has 4 heteroatoms. The second-order valence-corrected chi connectivity index (χ2v) is 5.47. The summed E-state index contributed by atoms with van der Waals surface area (Å²) in [5.74, 6) is 0.0919. The Labute approximate surface area is 108 Å². The molecule has 90 valence electrons. The zero-order valence-electron chi connectivity index (χ0n) is 9.30. The summed E-state index contributed by atoms with van der Waals surface area (Å²) < 4.78 is 20.5. The molecular formula is C13H13BrFNO. The highest BCUT2D eigenvalue weighted by Crippen LogP contribution is 2.38. The van der Waals surface area contributed by atoms with Crippen LogP contribution in [0.25, 0.3) is 6.08 Å². The molecule has 0 saturated carbocycles. The fraction of sp³-hybridized carbons (Fsp3) is 0.385. The third kappa shape index (κ3) is 2.00. The molecule has 2 aliphatic heterocycles. The van der Waals surface area contributed by atoms with Gasteiger partial charge in [0.05, 0.1) is 0 Å². The van der Waals surface area contributed by atoms with Crippen LogP contribution in [0, 0.1) is 5.82 Å². The summed E-state index contributed by atoms with van der Waals surface area (Å²) in [5.41, 5.74) is 0.494. The summed E-state index contributed by atoms with van der Waals surface area (Å²) in [4.78, 5) is 0. The summed E-state index contributed by atoms with van der Waals surface area (Å²) in [6.45, 7) is 1.83. The average Bonchev–Trinajstić information content (AvgIpc) is 2.32. The Morgan fingerprint density at radius 1 is 1.29 bits per heavy atom. The van der Waals surface area contributed by atoms with Crippen molar-refractivity contribution in [3.63, 3.8) is 0 Å². The van der Waals surface area contributed by atoms with Crippen LogP contribution in [0.3, 0.4) is 0 Å². The molecule has 2 aliphatic rings. The van der Waals surface area contributed by atoms with Gasteiger partial charge >= 0.3 is 0 Å². The molecule has 1 aromatic rings. The van der Waals surface area contributed by atoms with E-state index in [1.54, 1.807) is 0 Å². The van der Waals surface area contributed by atoms with Crippen LogP contribution in [0.4, 0.5) is 4.39 Å². The van der Waals surface area contributed by atoms with Crippen LogP contribution in [0.15, 0.2) is 22.7 Å². The van der Waals surface area contributed by atoms with Gasteiger partial charge in [0.1, 0.15) is 5.60 Å². The maximum absolute atomic E-state index is 13.9. The van der Waals surface area contributed by atoms with E-state index < -0.39 is 0 Å². The largest absolute Gasteiger partial charge is 0.479 e. The first-order valence-corrected chi connectivity index (χ1v) is 6.56. The molecule has 2 nitrogen and oxygen atoms in total. The normalized spacial score (nSPS) is 21.1. The number of rotatable bonds is 0. The molecule has 0 radical (unpaired) electrons. The fourth-order valence-corrected chi connectivity index (χ4v) is 2.86. The second-order valence-electron chi connectivity index (χ2n) is 4.56. The average molecular weight is 298 g/mol. The number of hydrogen-bond donors (Lipinski definition) is 1. The molecule has 1 saturated heterocycles. The summed E-state index contributed by atoms with van der Waals surface area (Å²) in [5, 5.41) is 3.29. The van der Waals surface area contributed by atoms with E-state index in [4.69, 9.17) is 4.74 Å². The SMILES string of the molecule is Fc1cc(Br)cc2c1OC1(C=C2)CCNCC1. The molecule has 3 rings (SSSR count). The predicted molar refractivity (Wildman–Crippen MR) is 68.6 cm³/mol. The van der Waals surface area contributed by atoms with Gasteiger partial charge in [-0.05, 0) is 31.3 Å². The van der Waals surface area contributed by atoms with Crippen molar-refractivity contribution in [3.8, 4) is 5.75 Å². The first-order chi connectivity index (χ1) is 8.19. The van der Waals surface area contributed by atoms with Crippen molar-refractivity contribution in [1.29, 1.82) is 0 Å². The highest BCUT2D eigenvalue weighted by molar-refractivity contribution is 9.10. The van der Waals surface area contributed by atoms with Gasteiger partial charge in [0.15, 0.2) is 11.6 Å². The van der Waals surface area contributed by atoms with E-state index in [0.29, 0.717) is 5.75 Å². The highest BCUT2D eigenvalue weighted by Gasteiger charge is 2.35. The van der Waals surface area contributed by atoms with Gasteiger partial charge in [-0.3, -0.25) is 0 Å². The van der Waals surface area contributed by atoms with E-state index in [9.17, 15) is 4.39 Å². The Bertz CT molecular complexity index is 481. The Kier molecular flexibility index (Phi) is 2.71. The number of halogens is 2. The van der Waals surface area contributed by atoms with Gasteiger partial charge in [-0.1, -0.05) is 22.0 Å². The lowest BCUT2D eigenvalue weighted by molar-refractivity contribution is 0.0775. The Morgan fingerprint density at radius 2 is 2.06 bits per heavy atom. The van der Waals surface area contributed by atoms with Crippen LogP contribution in [0.1, 0.15) is 18.4 Å². The lowest BCUT2D eigenvalue weighted by Gasteiger charge is -2.38. The number of fused-ring (bicyclic) bond motifs is 1. The summed E-state index contributed by atoms with van der Waals surface area (Å²) in [7, 11) is 0. The van der Waals surface area contributed by atoms with Gasteiger partial charge in [0.2, 0.25) is 0 Å². The van der Waals surface area contributed by atoms with Crippen molar-refractivity contribution < 1.29 is 9.13 Å². The molecule has 0 aromatic heterocycles. The predicted octanol–water partition coefficient (Wildman–Crippen LogP) is 3.12. The molecule has 1 aromatic carbocycles. The molecule has 17 heavy (non-hydrogen) atoms. The number of hydrogen-bond acceptors (Lipinski definition) is 2. The van der Waals surface area contributed by atoms with E-state index in [0.717, 1.165) is 36.0 Å². The van der Waals surface area contributed by atoms with E-state index in [2.05, 4.69) is 27.3 Å². The lowest BCUT2D eigenvalue weighted by Crippen LogP contribution is -2.45. The molecule has 1 N–H and O–H groups in total. The van der Waals surface area contributed by atoms with E-state index in [1.165, 1.54) is 6.07 Å². The minimum Gasteiger partial charge on any atom is -0.479 e. The van der Waals surface area contributed by atoms with E-state index in [-0.39, 0.29) is 11.4 Å². The molecule has 0 amide bonds. The maximum atomic E-state index is 13.9. The van der Waals surface area contributed by atoms with Crippen LogP contribution in [0.2, 0.25) is 0 Å². The molecule has 0 unspecified atom stereocenters. The van der Waals surface area contributed by atoms with Crippen molar-refractivity contribution in [2.75, 3.05) is 13.1 Å². The van der Waals surface area contributed by atoms with Gasteiger partial charge in [0.25, 0.3) is 0 Å². The van der Waals surface area contributed by atoms with E-state index in [1.807, 2.05) is 12.1 Å². The number of piperidine rings is 1. The monoisotopic (exact) mass is 297 g/mol. The third-order valence-electron chi connectivity index (χ3n) is 3.36. The Hall–Kier alpha value is -0.870.